The summed E-state index contributed by atoms with van der Waals surface area (Å²) in [4.78, 5) is 11.6. The van der Waals surface area contributed by atoms with Gasteiger partial charge in [0.05, 0.1) is 15.5 Å². The summed E-state index contributed by atoms with van der Waals surface area (Å²) in [7, 11) is 0.997. The van der Waals surface area contributed by atoms with E-state index in [4.69, 9.17) is 22.3 Å². The van der Waals surface area contributed by atoms with E-state index in [1.807, 2.05) is 6.92 Å². The third-order valence-corrected chi connectivity index (χ3v) is 4.58. The van der Waals surface area contributed by atoms with E-state index in [0.717, 1.165) is 6.07 Å². The van der Waals surface area contributed by atoms with Crippen molar-refractivity contribution in [2.24, 2.45) is 0 Å². The Morgan fingerprint density at radius 3 is 2.40 bits per heavy atom. The molecule has 0 aliphatic carbocycles. The number of rotatable bonds is 4. The normalized spacial score (nSPS) is 12.3. The number of hydrogen-bond donors (Lipinski definition) is 1. The van der Waals surface area contributed by atoms with Gasteiger partial charge in [-0.15, -0.1) is 0 Å². The number of carbonyl (C=O) groups is 1. The molecule has 1 rings (SSSR count). The van der Waals surface area contributed by atoms with Crippen LogP contribution in [0, 0.1) is 5.82 Å². The van der Waals surface area contributed by atoms with Gasteiger partial charge in [-0.05, 0) is 32.4 Å². The van der Waals surface area contributed by atoms with Gasteiger partial charge in [-0.3, -0.25) is 4.79 Å². The van der Waals surface area contributed by atoms with Gasteiger partial charge in [0.15, 0.2) is 0 Å². The standard InChI is InChI=1S/C12H14Cl2FNO3S/c1-4-12(2,3)16-11(17)8-5-7(20(14,18)19)6-9(15)10(8)13/h5-6H,4H2,1-3H3,(H,16,17). The van der Waals surface area contributed by atoms with E-state index < -0.39 is 36.2 Å². The largest absolute Gasteiger partial charge is 0.347 e. The molecule has 1 aromatic rings. The molecule has 8 heteroatoms. The molecule has 1 N–H and O–H groups in total. The smallest absolute Gasteiger partial charge is 0.261 e. The molecule has 0 heterocycles. The van der Waals surface area contributed by atoms with Crippen LogP contribution in [0.5, 0.6) is 0 Å². The van der Waals surface area contributed by atoms with Crippen LogP contribution in [-0.2, 0) is 9.05 Å². The molecule has 0 saturated heterocycles. The van der Waals surface area contributed by atoms with Gasteiger partial charge in [0.1, 0.15) is 5.82 Å². The summed E-state index contributed by atoms with van der Waals surface area (Å²) < 4.78 is 36.1. The predicted molar refractivity (Wildman–Crippen MR) is 76.3 cm³/mol. The van der Waals surface area contributed by atoms with Crippen molar-refractivity contribution < 1.29 is 17.6 Å². The Kier molecular flexibility index (Phi) is 5.05. The second kappa shape index (κ2) is 5.87. The Hall–Kier alpha value is -0.850. The van der Waals surface area contributed by atoms with Crippen LogP contribution in [0.15, 0.2) is 17.0 Å². The van der Waals surface area contributed by atoms with Crippen molar-refractivity contribution >= 4 is 37.2 Å². The lowest BCUT2D eigenvalue weighted by Crippen LogP contribution is -2.43. The molecule has 0 unspecified atom stereocenters. The predicted octanol–water partition coefficient (Wildman–Crippen LogP) is 3.33. The molecular formula is C12H14Cl2FNO3S. The van der Waals surface area contributed by atoms with Gasteiger partial charge in [-0.2, -0.15) is 0 Å². The van der Waals surface area contributed by atoms with Crippen molar-refractivity contribution in [2.45, 2.75) is 37.6 Å². The molecule has 112 valence electrons. The van der Waals surface area contributed by atoms with Gasteiger partial charge >= 0.3 is 0 Å². The first-order valence-electron chi connectivity index (χ1n) is 5.74. The molecule has 0 bridgehead atoms. The molecule has 0 atom stereocenters. The van der Waals surface area contributed by atoms with Crippen molar-refractivity contribution in [1.82, 2.24) is 5.32 Å². The molecule has 0 saturated carbocycles. The van der Waals surface area contributed by atoms with E-state index >= 15 is 0 Å². The van der Waals surface area contributed by atoms with Crippen LogP contribution in [0.3, 0.4) is 0 Å². The Labute approximate surface area is 126 Å². The zero-order chi connectivity index (χ0) is 15.7. The maximum absolute atomic E-state index is 13.6. The lowest BCUT2D eigenvalue weighted by atomic mass is 10.0. The molecule has 0 fully saturated rings. The van der Waals surface area contributed by atoms with Crippen LogP contribution in [0.1, 0.15) is 37.6 Å². The summed E-state index contributed by atoms with van der Waals surface area (Å²) in [5.41, 5.74) is -0.806. The Morgan fingerprint density at radius 1 is 1.40 bits per heavy atom. The molecule has 1 aromatic carbocycles. The highest BCUT2D eigenvalue weighted by Gasteiger charge is 2.24. The number of hydrogen-bond acceptors (Lipinski definition) is 3. The average molecular weight is 342 g/mol. The summed E-state index contributed by atoms with van der Waals surface area (Å²) in [6.07, 6.45) is 0.631. The van der Waals surface area contributed by atoms with Gasteiger partial charge in [-0.25, -0.2) is 12.8 Å². The van der Waals surface area contributed by atoms with E-state index in [1.165, 1.54) is 0 Å². The second-order valence-electron chi connectivity index (χ2n) is 4.90. The second-order valence-corrected chi connectivity index (χ2v) is 7.84. The van der Waals surface area contributed by atoms with Gasteiger partial charge in [0.25, 0.3) is 15.0 Å². The number of nitrogens with one attached hydrogen (secondary N) is 1. The first kappa shape index (κ1) is 17.2. The van der Waals surface area contributed by atoms with Crippen molar-refractivity contribution in [3.8, 4) is 0 Å². The minimum absolute atomic E-state index is 0.271. The van der Waals surface area contributed by atoms with Gasteiger partial charge in [0.2, 0.25) is 0 Å². The maximum atomic E-state index is 13.6. The molecule has 0 aliphatic rings. The van der Waals surface area contributed by atoms with Crippen LogP contribution in [0.25, 0.3) is 0 Å². The minimum Gasteiger partial charge on any atom is -0.347 e. The van der Waals surface area contributed by atoms with E-state index in [0.29, 0.717) is 12.5 Å². The monoisotopic (exact) mass is 341 g/mol. The van der Waals surface area contributed by atoms with E-state index in [-0.39, 0.29) is 5.56 Å². The van der Waals surface area contributed by atoms with E-state index in [2.05, 4.69) is 5.32 Å². The molecule has 0 radical (unpaired) electrons. The van der Waals surface area contributed by atoms with Crippen molar-refractivity contribution in [3.63, 3.8) is 0 Å². The molecule has 0 aliphatic heterocycles. The molecule has 4 nitrogen and oxygen atoms in total. The fourth-order valence-corrected chi connectivity index (χ4v) is 2.30. The fourth-order valence-electron chi connectivity index (χ4n) is 1.33. The van der Waals surface area contributed by atoms with Crippen LogP contribution in [0.4, 0.5) is 4.39 Å². The fraction of sp³-hybridized carbons (Fsp3) is 0.417. The number of halogens is 3. The highest BCUT2D eigenvalue weighted by molar-refractivity contribution is 8.13. The molecule has 1 amide bonds. The lowest BCUT2D eigenvalue weighted by Gasteiger charge is -2.24. The van der Waals surface area contributed by atoms with Gasteiger partial charge in [-0.1, -0.05) is 18.5 Å². The number of amides is 1. The highest BCUT2D eigenvalue weighted by atomic mass is 35.7. The summed E-state index contributed by atoms with van der Waals surface area (Å²) in [5.74, 6) is -1.68. The summed E-state index contributed by atoms with van der Waals surface area (Å²) in [6, 6.07) is 1.63. The summed E-state index contributed by atoms with van der Waals surface area (Å²) in [6.45, 7) is 5.41. The van der Waals surface area contributed by atoms with E-state index in [9.17, 15) is 17.6 Å². The van der Waals surface area contributed by atoms with Crippen molar-refractivity contribution in [3.05, 3.63) is 28.5 Å². The molecular weight excluding hydrogens is 328 g/mol. The summed E-state index contributed by atoms with van der Waals surface area (Å²) in [5, 5.41) is 2.20. The Balaban J connectivity index is 3.31. The van der Waals surface area contributed by atoms with Gasteiger partial charge < -0.3 is 5.32 Å². The van der Waals surface area contributed by atoms with Crippen LogP contribution < -0.4 is 5.32 Å². The zero-order valence-corrected chi connectivity index (χ0v) is 13.5. The quantitative estimate of drug-likeness (QED) is 0.854. The zero-order valence-electron chi connectivity index (χ0n) is 11.1. The summed E-state index contributed by atoms with van der Waals surface area (Å²) >= 11 is 5.71. The first-order valence-corrected chi connectivity index (χ1v) is 8.43. The molecule has 0 aromatic heterocycles. The van der Waals surface area contributed by atoms with Crippen molar-refractivity contribution in [2.75, 3.05) is 0 Å². The highest BCUT2D eigenvalue weighted by Crippen LogP contribution is 2.26. The molecule has 0 spiro atoms. The van der Waals surface area contributed by atoms with Crippen LogP contribution in [0.2, 0.25) is 5.02 Å². The SMILES string of the molecule is CCC(C)(C)NC(=O)c1cc(S(=O)(=O)Cl)cc(F)c1Cl. The van der Waals surface area contributed by atoms with Crippen LogP contribution >= 0.6 is 22.3 Å². The first-order chi connectivity index (χ1) is 8.98. The Bertz CT molecular complexity index is 644. The Morgan fingerprint density at radius 2 is 1.95 bits per heavy atom. The minimum atomic E-state index is -4.15. The van der Waals surface area contributed by atoms with Crippen LogP contribution in [-0.4, -0.2) is 19.9 Å². The number of carbonyl (C=O) groups excluding carboxylic acids is 1. The molecule has 20 heavy (non-hydrogen) atoms. The average Bonchev–Trinajstić information content (AvgIpc) is 2.30. The van der Waals surface area contributed by atoms with Gasteiger partial charge in [0, 0.05) is 16.2 Å². The third kappa shape index (κ3) is 4.07. The number of benzene rings is 1. The lowest BCUT2D eigenvalue weighted by molar-refractivity contribution is 0.0910. The topological polar surface area (TPSA) is 63.2 Å². The van der Waals surface area contributed by atoms with E-state index in [1.54, 1.807) is 13.8 Å². The third-order valence-electron chi connectivity index (χ3n) is 2.86. The maximum Gasteiger partial charge on any atom is 0.261 e. The van der Waals surface area contributed by atoms with Crippen molar-refractivity contribution in [1.29, 1.82) is 0 Å².